The maximum atomic E-state index is 11.7. The van der Waals surface area contributed by atoms with Gasteiger partial charge in [0.05, 0.1) is 5.69 Å². The molecule has 1 unspecified atom stereocenters. The zero-order chi connectivity index (χ0) is 12.7. The van der Waals surface area contributed by atoms with Crippen molar-refractivity contribution in [1.82, 2.24) is 0 Å². The summed E-state index contributed by atoms with van der Waals surface area (Å²) < 4.78 is 5.48. The minimum absolute atomic E-state index is 0.0104. The quantitative estimate of drug-likeness (QED) is 0.835. The molecule has 0 radical (unpaired) electrons. The minimum Gasteiger partial charge on any atom is -0.479 e. The average molecular weight is 246 g/mol. The van der Waals surface area contributed by atoms with E-state index in [1.807, 2.05) is 0 Å². The summed E-state index contributed by atoms with van der Waals surface area (Å²) >= 11 is 0. The Kier molecular flexibility index (Phi) is 2.47. The molecule has 1 aromatic rings. The van der Waals surface area contributed by atoms with E-state index in [-0.39, 0.29) is 17.7 Å². The van der Waals surface area contributed by atoms with Crippen LogP contribution in [0.4, 0.5) is 11.4 Å². The molecule has 0 spiro atoms. The Morgan fingerprint density at radius 3 is 2.94 bits per heavy atom. The van der Waals surface area contributed by atoms with Gasteiger partial charge in [-0.05, 0) is 31.9 Å². The molecule has 1 aromatic carbocycles. The van der Waals surface area contributed by atoms with Crippen molar-refractivity contribution in [3.8, 4) is 5.75 Å². The van der Waals surface area contributed by atoms with Crippen LogP contribution in [0.2, 0.25) is 0 Å². The van der Waals surface area contributed by atoms with Crippen LogP contribution in [0, 0.1) is 5.92 Å². The Labute approximate surface area is 105 Å². The molecule has 94 valence electrons. The number of benzene rings is 1. The van der Waals surface area contributed by atoms with Gasteiger partial charge in [0.25, 0.3) is 5.91 Å². The molecular weight excluding hydrogens is 232 g/mol. The molecule has 3 rings (SSSR count). The molecule has 0 saturated heterocycles. The third kappa shape index (κ3) is 1.92. The molecule has 1 fully saturated rings. The number of ether oxygens (including phenoxy) is 1. The predicted octanol–water partition coefficient (Wildman–Crippen LogP) is 1.75. The van der Waals surface area contributed by atoms with Gasteiger partial charge in [-0.25, -0.2) is 0 Å². The highest BCUT2D eigenvalue weighted by atomic mass is 16.5. The standard InChI is InChI=1S/C13H14N2O3/c1-7-12(16)15-11-9(3-2-4-10(11)18-7)14-13(17)8-5-6-8/h2-4,7-8H,5-6H2,1H3,(H,14,17)(H,15,16). The van der Waals surface area contributed by atoms with Gasteiger partial charge >= 0.3 is 0 Å². The molecule has 0 aromatic heterocycles. The van der Waals surface area contributed by atoms with Crippen LogP contribution < -0.4 is 15.4 Å². The molecule has 1 atom stereocenters. The van der Waals surface area contributed by atoms with Crippen LogP contribution in [0.1, 0.15) is 19.8 Å². The van der Waals surface area contributed by atoms with E-state index in [0.29, 0.717) is 17.1 Å². The SMILES string of the molecule is CC1Oc2cccc(NC(=O)C3CC3)c2NC1=O. The number of para-hydroxylation sites is 1. The molecule has 2 amide bonds. The van der Waals surface area contributed by atoms with Crippen LogP contribution in [0.25, 0.3) is 0 Å². The summed E-state index contributed by atoms with van der Waals surface area (Å²) in [5.41, 5.74) is 1.15. The number of hydrogen-bond donors (Lipinski definition) is 2. The number of anilines is 2. The smallest absolute Gasteiger partial charge is 0.265 e. The zero-order valence-electron chi connectivity index (χ0n) is 10.0. The Hall–Kier alpha value is -2.04. The monoisotopic (exact) mass is 246 g/mol. The number of carbonyl (C=O) groups is 2. The highest BCUT2D eigenvalue weighted by Gasteiger charge is 2.31. The summed E-state index contributed by atoms with van der Waals surface area (Å²) in [6.07, 6.45) is 1.38. The molecule has 2 aliphatic rings. The summed E-state index contributed by atoms with van der Waals surface area (Å²) in [6.45, 7) is 1.69. The molecule has 1 aliphatic heterocycles. The topological polar surface area (TPSA) is 67.4 Å². The summed E-state index contributed by atoms with van der Waals surface area (Å²) in [5, 5.41) is 5.60. The minimum atomic E-state index is -0.508. The Balaban J connectivity index is 1.88. The normalized spacial score (nSPS) is 21.6. The van der Waals surface area contributed by atoms with Crippen molar-refractivity contribution in [2.75, 3.05) is 10.6 Å². The van der Waals surface area contributed by atoms with Crippen molar-refractivity contribution in [1.29, 1.82) is 0 Å². The van der Waals surface area contributed by atoms with Crippen molar-refractivity contribution in [2.45, 2.75) is 25.9 Å². The number of hydrogen-bond acceptors (Lipinski definition) is 3. The number of amides is 2. The van der Waals surface area contributed by atoms with E-state index in [2.05, 4.69) is 10.6 Å². The van der Waals surface area contributed by atoms with Gasteiger partial charge in [-0.3, -0.25) is 9.59 Å². The van der Waals surface area contributed by atoms with Crippen molar-refractivity contribution < 1.29 is 14.3 Å². The van der Waals surface area contributed by atoms with Gasteiger partial charge in [-0.1, -0.05) is 6.07 Å². The second-order valence-corrected chi connectivity index (χ2v) is 4.69. The van der Waals surface area contributed by atoms with E-state index in [0.717, 1.165) is 12.8 Å². The van der Waals surface area contributed by atoms with Crippen LogP contribution in [0.3, 0.4) is 0 Å². The van der Waals surface area contributed by atoms with Gasteiger partial charge in [0.15, 0.2) is 6.10 Å². The number of rotatable bonds is 2. The lowest BCUT2D eigenvalue weighted by molar-refractivity contribution is -0.122. The first-order chi connectivity index (χ1) is 8.65. The zero-order valence-corrected chi connectivity index (χ0v) is 10.0. The van der Waals surface area contributed by atoms with Gasteiger partial charge in [-0.15, -0.1) is 0 Å². The Morgan fingerprint density at radius 2 is 2.22 bits per heavy atom. The summed E-state index contributed by atoms with van der Waals surface area (Å²) in [7, 11) is 0. The molecule has 5 nitrogen and oxygen atoms in total. The fourth-order valence-corrected chi connectivity index (χ4v) is 1.91. The average Bonchev–Trinajstić information content (AvgIpc) is 3.15. The maximum Gasteiger partial charge on any atom is 0.265 e. The van der Waals surface area contributed by atoms with Crippen LogP contribution in [0.15, 0.2) is 18.2 Å². The summed E-state index contributed by atoms with van der Waals surface area (Å²) in [6, 6.07) is 5.34. The number of carbonyl (C=O) groups excluding carboxylic acids is 2. The van der Waals surface area contributed by atoms with E-state index in [1.165, 1.54) is 0 Å². The van der Waals surface area contributed by atoms with Crippen LogP contribution in [0.5, 0.6) is 5.75 Å². The number of nitrogens with one attached hydrogen (secondary N) is 2. The largest absolute Gasteiger partial charge is 0.479 e. The second kappa shape index (κ2) is 4.01. The van der Waals surface area contributed by atoms with Crippen LogP contribution >= 0.6 is 0 Å². The lowest BCUT2D eigenvalue weighted by atomic mass is 10.2. The molecule has 1 heterocycles. The maximum absolute atomic E-state index is 11.7. The van der Waals surface area contributed by atoms with E-state index in [9.17, 15) is 9.59 Å². The third-order valence-corrected chi connectivity index (χ3v) is 3.15. The van der Waals surface area contributed by atoms with Gasteiger partial charge in [0.1, 0.15) is 11.4 Å². The molecule has 5 heteroatoms. The molecule has 0 bridgehead atoms. The first-order valence-corrected chi connectivity index (χ1v) is 6.06. The number of fused-ring (bicyclic) bond motifs is 1. The van der Waals surface area contributed by atoms with Gasteiger partial charge in [0.2, 0.25) is 5.91 Å². The lowest BCUT2D eigenvalue weighted by Crippen LogP contribution is -2.35. The van der Waals surface area contributed by atoms with Crippen molar-refractivity contribution in [3.63, 3.8) is 0 Å². The highest BCUT2D eigenvalue weighted by molar-refractivity contribution is 6.04. The molecular formula is C13H14N2O3. The van der Waals surface area contributed by atoms with Crippen molar-refractivity contribution in [2.24, 2.45) is 5.92 Å². The lowest BCUT2D eigenvalue weighted by Gasteiger charge is -2.25. The van der Waals surface area contributed by atoms with E-state index in [1.54, 1.807) is 25.1 Å². The summed E-state index contributed by atoms with van der Waals surface area (Å²) in [4.78, 5) is 23.3. The molecule has 1 saturated carbocycles. The van der Waals surface area contributed by atoms with Crippen molar-refractivity contribution >= 4 is 23.2 Å². The van der Waals surface area contributed by atoms with E-state index in [4.69, 9.17) is 4.74 Å². The Morgan fingerprint density at radius 1 is 1.44 bits per heavy atom. The van der Waals surface area contributed by atoms with E-state index < -0.39 is 6.10 Å². The second-order valence-electron chi connectivity index (χ2n) is 4.69. The van der Waals surface area contributed by atoms with Crippen LogP contribution in [-0.4, -0.2) is 17.9 Å². The van der Waals surface area contributed by atoms with Crippen LogP contribution in [-0.2, 0) is 9.59 Å². The van der Waals surface area contributed by atoms with Gasteiger partial charge in [-0.2, -0.15) is 0 Å². The first-order valence-electron chi connectivity index (χ1n) is 6.06. The fourth-order valence-electron chi connectivity index (χ4n) is 1.91. The van der Waals surface area contributed by atoms with E-state index >= 15 is 0 Å². The van der Waals surface area contributed by atoms with Crippen molar-refractivity contribution in [3.05, 3.63) is 18.2 Å². The summed E-state index contributed by atoms with van der Waals surface area (Å²) in [5.74, 6) is 0.530. The van der Waals surface area contributed by atoms with Gasteiger partial charge in [0, 0.05) is 5.92 Å². The molecule has 1 aliphatic carbocycles. The molecule has 18 heavy (non-hydrogen) atoms. The highest BCUT2D eigenvalue weighted by Crippen LogP contribution is 2.37. The Bertz CT molecular complexity index is 523. The first kappa shape index (κ1) is 11.1. The fraction of sp³-hybridized carbons (Fsp3) is 0.385. The third-order valence-electron chi connectivity index (χ3n) is 3.15. The molecule has 2 N–H and O–H groups in total. The van der Waals surface area contributed by atoms with Gasteiger partial charge < -0.3 is 15.4 Å². The predicted molar refractivity (Wildman–Crippen MR) is 66.5 cm³/mol.